The van der Waals surface area contributed by atoms with Crippen molar-refractivity contribution in [1.82, 2.24) is 29.7 Å². The Bertz CT molecular complexity index is 1320. The molecule has 0 spiro atoms. The third-order valence-corrected chi connectivity index (χ3v) is 6.51. The van der Waals surface area contributed by atoms with Crippen molar-refractivity contribution in [2.75, 3.05) is 26.2 Å². The number of carbonyl (C=O) groups is 1. The summed E-state index contributed by atoms with van der Waals surface area (Å²) < 4.78 is 7.26. The summed E-state index contributed by atoms with van der Waals surface area (Å²) in [6.07, 6.45) is 1.57. The topological polar surface area (TPSA) is 122 Å². The molecule has 2 N–H and O–H groups in total. The molecule has 1 fully saturated rings. The van der Waals surface area contributed by atoms with E-state index in [9.17, 15) is 14.4 Å². The molecule has 37 heavy (non-hydrogen) atoms. The molecule has 0 radical (unpaired) electrons. The van der Waals surface area contributed by atoms with E-state index in [0.717, 1.165) is 49.1 Å². The Morgan fingerprint density at radius 3 is 2.38 bits per heavy atom. The number of nitrogens with zero attached hydrogens (tertiary/aromatic N) is 4. The molecule has 0 atom stereocenters. The van der Waals surface area contributed by atoms with E-state index < -0.39 is 16.9 Å². The summed E-state index contributed by atoms with van der Waals surface area (Å²) >= 11 is 0. The van der Waals surface area contributed by atoms with Crippen molar-refractivity contribution in [3.05, 3.63) is 44.1 Å². The summed E-state index contributed by atoms with van der Waals surface area (Å²) in [5.74, 6) is 0.717. The maximum absolute atomic E-state index is 12.5. The summed E-state index contributed by atoms with van der Waals surface area (Å²) in [6.45, 7) is 17.3. The van der Waals surface area contributed by atoms with Gasteiger partial charge in [-0.2, -0.15) is 4.98 Å². The number of aryl methyl sites for hydroxylation is 2. The van der Waals surface area contributed by atoms with Crippen LogP contribution in [0.1, 0.15) is 58.6 Å². The van der Waals surface area contributed by atoms with E-state index in [1.165, 1.54) is 0 Å². The van der Waals surface area contributed by atoms with E-state index in [4.69, 9.17) is 4.74 Å². The van der Waals surface area contributed by atoms with Gasteiger partial charge in [0, 0.05) is 19.6 Å². The van der Waals surface area contributed by atoms with Crippen LogP contribution in [-0.4, -0.2) is 62.3 Å². The fourth-order valence-corrected chi connectivity index (χ4v) is 4.47. The van der Waals surface area contributed by atoms with Gasteiger partial charge in [-0.1, -0.05) is 13.8 Å². The minimum Gasteiger partial charge on any atom is -0.444 e. The molecule has 0 unspecified atom stereocenters. The molecule has 1 amide bonds. The zero-order valence-electron chi connectivity index (χ0n) is 23.1. The molecule has 202 valence electrons. The van der Waals surface area contributed by atoms with Crippen LogP contribution in [0.3, 0.4) is 0 Å². The van der Waals surface area contributed by atoms with Crippen LogP contribution < -0.4 is 16.6 Å². The van der Waals surface area contributed by atoms with Gasteiger partial charge in [-0.3, -0.25) is 9.78 Å². The van der Waals surface area contributed by atoms with Crippen molar-refractivity contribution in [2.45, 2.75) is 73.5 Å². The molecule has 3 heterocycles. The number of fused-ring (bicyclic) bond motifs is 2. The number of amides is 1. The number of nitrogens with one attached hydrogen (secondary N) is 2. The summed E-state index contributed by atoms with van der Waals surface area (Å²) in [4.78, 5) is 49.6. The van der Waals surface area contributed by atoms with Crippen molar-refractivity contribution in [2.24, 2.45) is 5.92 Å². The van der Waals surface area contributed by atoms with E-state index in [-0.39, 0.29) is 11.8 Å². The minimum atomic E-state index is -0.667. The lowest BCUT2D eigenvalue weighted by Gasteiger charge is -2.32. The highest BCUT2D eigenvalue weighted by Gasteiger charge is 2.23. The van der Waals surface area contributed by atoms with Crippen molar-refractivity contribution < 1.29 is 9.53 Å². The highest BCUT2D eigenvalue weighted by molar-refractivity contribution is 5.81. The van der Waals surface area contributed by atoms with Gasteiger partial charge in [0.15, 0.2) is 11.5 Å². The number of ether oxygens (including phenoxy) is 1. The lowest BCUT2D eigenvalue weighted by Crippen LogP contribution is -2.41. The number of piperidine rings is 1. The monoisotopic (exact) mass is 512 g/mol. The van der Waals surface area contributed by atoms with E-state index in [2.05, 4.69) is 25.2 Å². The van der Waals surface area contributed by atoms with Crippen molar-refractivity contribution in [3.8, 4) is 11.5 Å². The average Bonchev–Trinajstić information content (AvgIpc) is 2.83. The Kier molecular flexibility index (Phi) is 9.07. The SMILES string of the molecule is CC.Cc1cc2nc3c(=O)[nH]c(=O)nc-3n(CCN3CCC(CNC(=O)OC(C)(C)C)CC3)c2cc1C. The number of hydrogen-bond acceptors (Lipinski definition) is 7. The molecule has 1 aromatic rings. The molecule has 0 saturated carbocycles. The lowest BCUT2D eigenvalue weighted by atomic mass is 9.97. The van der Waals surface area contributed by atoms with Crippen LogP contribution in [0, 0.1) is 19.8 Å². The Morgan fingerprint density at radius 2 is 1.73 bits per heavy atom. The molecule has 1 aromatic carbocycles. The van der Waals surface area contributed by atoms with Gasteiger partial charge in [-0.15, -0.1) is 0 Å². The van der Waals surface area contributed by atoms with Crippen LogP contribution in [0.25, 0.3) is 22.6 Å². The molecule has 10 heteroatoms. The zero-order valence-corrected chi connectivity index (χ0v) is 23.1. The molecule has 0 aliphatic carbocycles. The number of likely N-dealkylation sites (tertiary alicyclic amines) is 1. The van der Waals surface area contributed by atoms with Crippen molar-refractivity contribution in [3.63, 3.8) is 0 Å². The van der Waals surface area contributed by atoms with Crippen LogP contribution in [0.5, 0.6) is 0 Å². The first kappa shape index (κ1) is 28.3. The quantitative estimate of drug-likeness (QED) is 0.502. The molecular weight excluding hydrogens is 472 g/mol. The van der Waals surface area contributed by atoms with Gasteiger partial charge in [0.25, 0.3) is 5.56 Å². The molecule has 3 aliphatic heterocycles. The molecule has 3 aliphatic rings. The van der Waals surface area contributed by atoms with Gasteiger partial charge < -0.3 is 19.5 Å². The number of H-pyrrole nitrogens is 1. The third kappa shape index (κ3) is 7.15. The van der Waals surface area contributed by atoms with Gasteiger partial charge in [-0.25, -0.2) is 14.6 Å². The fourth-order valence-electron chi connectivity index (χ4n) is 4.47. The maximum atomic E-state index is 12.5. The normalized spacial score (nSPS) is 14.9. The zero-order chi connectivity index (χ0) is 27.3. The van der Waals surface area contributed by atoms with Crippen LogP contribution in [0.15, 0.2) is 21.7 Å². The maximum Gasteiger partial charge on any atom is 0.407 e. The highest BCUT2D eigenvalue weighted by atomic mass is 16.6. The number of carbonyl (C=O) groups excluding carboxylic acids is 1. The Morgan fingerprint density at radius 1 is 1.08 bits per heavy atom. The third-order valence-electron chi connectivity index (χ3n) is 6.51. The standard InChI is InChI=1S/C25H34N6O4.C2H6/c1-15-12-18-19(13-16(15)2)31(21-20(27-18)22(32)29-23(33)28-21)11-10-30-8-6-17(7-9-30)14-26-24(34)35-25(3,4)5;1-2/h12-13,17H,6-11,14H2,1-5H3,(H,26,34)(H,29,32,33);1-2H3. The summed E-state index contributed by atoms with van der Waals surface area (Å²) in [5.41, 5.74) is 2.24. The number of aromatic nitrogens is 4. The average molecular weight is 513 g/mol. The van der Waals surface area contributed by atoms with Crippen molar-refractivity contribution in [1.29, 1.82) is 0 Å². The Hall–Kier alpha value is -3.27. The second kappa shape index (κ2) is 11.9. The van der Waals surface area contributed by atoms with Gasteiger partial charge in [-0.05, 0) is 89.7 Å². The summed E-state index contributed by atoms with van der Waals surface area (Å²) in [5, 5.41) is 2.88. The van der Waals surface area contributed by atoms with Crippen molar-refractivity contribution >= 4 is 17.1 Å². The first-order valence-electron chi connectivity index (χ1n) is 13.1. The predicted octanol–water partition coefficient (Wildman–Crippen LogP) is 3.46. The number of benzene rings is 1. The Balaban J connectivity index is 0.00000186. The van der Waals surface area contributed by atoms with E-state index >= 15 is 0 Å². The largest absolute Gasteiger partial charge is 0.444 e. The summed E-state index contributed by atoms with van der Waals surface area (Å²) in [6, 6.07) is 4.01. The van der Waals surface area contributed by atoms with E-state index in [1.54, 1.807) is 0 Å². The second-order valence-corrected chi connectivity index (χ2v) is 10.4. The predicted molar refractivity (Wildman–Crippen MR) is 145 cm³/mol. The first-order valence-corrected chi connectivity index (χ1v) is 13.1. The van der Waals surface area contributed by atoms with Crippen LogP contribution in [0.4, 0.5) is 4.79 Å². The Labute approximate surface area is 217 Å². The molecular formula is C27H40N6O4. The number of aromatic amines is 1. The van der Waals surface area contributed by atoms with E-state index in [1.807, 2.05) is 65.2 Å². The number of rotatable bonds is 5. The van der Waals surface area contributed by atoms with Crippen LogP contribution in [0.2, 0.25) is 0 Å². The molecule has 4 rings (SSSR count). The first-order chi connectivity index (χ1) is 17.5. The number of alkyl carbamates (subject to hydrolysis) is 1. The van der Waals surface area contributed by atoms with Crippen LogP contribution >= 0.6 is 0 Å². The molecule has 0 bridgehead atoms. The second-order valence-electron chi connectivity index (χ2n) is 10.4. The van der Waals surface area contributed by atoms with E-state index in [0.29, 0.717) is 30.3 Å². The molecule has 0 aromatic heterocycles. The van der Waals surface area contributed by atoms with Gasteiger partial charge >= 0.3 is 11.8 Å². The molecule has 1 saturated heterocycles. The van der Waals surface area contributed by atoms with Gasteiger partial charge in [0.2, 0.25) is 0 Å². The van der Waals surface area contributed by atoms with Crippen LogP contribution in [-0.2, 0) is 11.3 Å². The van der Waals surface area contributed by atoms with Gasteiger partial charge in [0.05, 0.1) is 11.0 Å². The minimum absolute atomic E-state index is 0.173. The number of hydrogen-bond donors (Lipinski definition) is 2. The lowest BCUT2D eigenvalue weighted by molar-refractivity contribution is 0.0509. The highest BCUT2D eigenvalue weighted by Crippen LogP contribution is 2.24. The fraction of sp³-hybridized carbons (Fsp3) is 0.593. The smallest absolute Gasteiger partial charge is 0.407 e. The van der Waals surface area contributed by atoms with Gasteiger partial charge in [0.1, 0.15) is 5.60 Å². The molecule has 10 nitrogen and oxygen atoms in total. The summed E-state index contributed by atoms with van der Waals surface area (Å²) in [7, 11) is 0.